The van der Waals surface area contributed by atoms with Gasteiger partial charge < -0.3 is 20.3 Å². The molecule has 4 aromatic heterocycles. The molecule has 1 aliphatic heterocycles. The van der Waals surface area contributed by atoms with Gasteiger partial charge in [-0.1, -0.05) is 0 Å². The van der Waals surface area contributed by atoms with Crippen molar-refractivity contribution in [1.82, 2.24) is 39.9 Å². The first-order valence-electron chi connectivity index (χ1n) is 13.1. The first kappa shape index (κ1) is 29.5. The summed E-state index contributed by atoms with van der Waals surface area (Å²) in [5, 5.41) is 10.6. The van der Waals surface area contributed by atoms with Gasteiger partial charge in [-0.05, 0) is 39.0 Å². The molecule has 2 N–H and O–H groups in total. The Kier molecular flexibility index (Phi) is 8.29. The zero-order valence-electron chi connectivity index (χ0n) is 23.2. The lowest BCUT2D eigenvalue weighted by Crippen LogP contribution is -2.56. The van der Waals surface area contributed by atoms with Crippen molar-refractivity contribution < 1.29 is 27.1 Å². The van der Waals surface area contributed by atoms with E-state index in [1.54, 1.807) is 48.1 Å². The highest BCUT2D eigenvalue weighted by Gasteiger charge is 2.27. The third-order valence-electron chi connectivity index (χ3n) is 6.86. The molecule has 5 heterocycles. The van der Waals surface area contributed by atoms with E-state index in [-0.39, 0.29) is 11.7 Å². The monoisotopic (exact) mass is 598 g/mol. The van der Waals surface area contributed by atoms with Crippen LogP contribution in [0.15, 0.2) is 49.3 Å². The van der Waals surface area contributed by atoms with E-state index in [1.165, 1.54) is 12.7 Å². The first-order valence-corrected chi connectivity index (χ1v) is 13.1. The second-order valence-corrected chi connectivity index (χ2v) is 9.66. The Labute approximate surface area is 242 Å². The van der Waals surface area contributed by atoms with Gasteiger partial charge >= 0.3 is 6.18 Å². The number of halogens is 4. The van der Waals surface area contributed by atoms with Gasteiger partial charge in [-0.3, -0.25) is 4.79 Å². The van der Waals surface area contributed by atoms with Crippen LogP contribution >= 0.6 is 0 Å². The lowest BCUT2D eigenvalue weighted by atomic mass is 10.1. The zero-order valence-corrected chi connectivity index (χ0v) is 23.2. The number of benzene rings is 1. The Morgan fingerprint density at radius 1 is 1.12 bits per heavy atom. The van der Waals surface area contributed by atoms with E-state index in [0.29, 0.717) is 51.6 Å². The molecule has 16 heteroatoms. The molecule has 5 aromatic rings. The number of pyridine rings is 1. The van der Waals surface area contributed by atoms with Crippen molar-refractivity contribution in [2.75, 3.05) is 23.3 Å². The maximum atomic E-state index is 15.5. The lowest BCUT2D eigenvalue weighted by molar-refractivity contribution is -0.156. The molecule has 0 spiro atoms. The largest absolute Gasteiger partial charge is 0.457 e. The van der Waals surface area contributed by atoms with Crippen LogP contribution in [-0.4, -0.2) is 72.2 Å². The molecule has 1 saturated heterocycles. The molecule has 2 atom stereocenters. The number of nitrogens with one attached hydrogen (secondary N) is 2. The SMILES string of the molecule is Cc1c(Oc2ccn3ncnc3c2)ccc(Nc2ncnc3cnc(N4CCNC(C)C4C)nc23)c1F.O=CC(F)(F)F. The summed E-state index contributed by atoms with van der Waals surface area (Å²) in [6, 6.07) is 7.32. The van der Waals surface area contributed by atoms with Crippen molar-refractivity contribution in [2.45, 2.75) is 39.0 Å². The molecule has 2 unspecified atom stereocenters. The summed E-state index contributed by atoms with van der Waals surface area (Å²) in [5.74, 6) is 1.47. The van der Waals surface area contributed by atoms with Crippen LogP contribution in [0.3, 0.4) is 0 Å². The molecule has 0 bridgehead atoms. The number of aldehydes is 1. The minimum absolute atomic E-state index is 0.213. The molecule has 6 rings (SSSR count). The number of rotatable bonds is 5. The van der Waals surface area contributed by atoms with E-state index in [9.17, 15) is 13.2 Å². The fraction of sp³-hybridized carbons (Fsp3) is 0.296. The van der Waals surface area contributed by atoms with E-state index < -0.39 is 18.3 Å². The average molecular weight is 599 g/mol. The van der Waals surface area contributed by atoms with Crippen molar-refractivity contribution in [1.29, 1.82) is 0 Å². The number of aromatic nitrogens is 7. The minimum atomic E-state index is -4.64. The van der Waals surface area contributed by atoms with Gasteiger partial charge in [-0.25, -0.2) is 33.8 Å². The normalized spacial score (nSPS) is 17.0. The predicted molar refractivity (Wildman–Crippen MR) is 149 cm³/mol. The number of ether oxygens (including phenoxy) is 1. The van der Waals surface area contributed by atoms with E-state index in [4.69, 9.17) is 14.5 Å². The number of carbonyl (C=O) groups excluding carboxylic acids is 1. The van der Waals surface area contributed by atoms with Gasteiger partial charge in [0.05, 0.1) is 11.9 Å². The second-order valence-electron chi connectivity index (χ2n) is 9.66. The Morgan fingerprint density at radius 2 is 1.91 bits per heavy atom. The van der Waals surface area contributed by atoms with Crippen LogP contribution in [0.1, 0.15) is 19.4 Å². The Bertz CT molecular complexity index is 1760. The number of carbonyl (C=O) groups is 1. The van der Waals surface area contributed by atoms with E-state index in [2.05, 4.69) is 54.4 Å². The van der Waals surface area contributed by atoms with Crippen molar-refractivity contribution in [3.8, 4) is 11.5 Å². The summed E-state index contributed by atoms with van der Waals surface area (Å²) in [5.41, 5.74) is 2.32. The number of piperazine rings is 1. The van der Waals surface area contributed by atoms with Crippen LogP contribution in [0.25, 0.3) is 16.7 Å². The number of alkyl halides is 3. The van der Waals surface area contributed by atoms with Gasteiger partial charge in [0.1, 0.15) is 35.2 Å². The third-order valence-corrected chi connectivity index (χ3v) is 6.86. The molecule has 1 aliphatic rings. The molecule has 1 fully saturated rings. The maximum Gasteiger partial charge on any atom is 0.446 e. The third kappa shape index (κ3) is 6.58. The van der Waals surface area contributed by atoms with Crippen molar-refractivity contribution in [3.63, 3.8) is 0 Å². The molecule has 224 valence electrons. The van der Waals surface area contributed by atoms with Crippen LogP contribution in [0.5, 0.6) is 11.5 Å². The highest BCUT2D eigenvalue weighted by atomic mass is 19.4. The summed E-state index contributed by atoms with van der Waals surface area (Å²) >= 11 is 0. The highest BCUT2D eigenvalue weighted by Crippen LogP contribution is 2.33. The Hall–Kier alpha value is -4.99. The second kappa shape index (κ2) is 12.1. The van der Waals surface area contributed by atoms with Crippen molar-refractivity contribution in [2.24, 2.45) is 0 Å². The van der Waals surface area contributed by atoms with Crippen molar-refractivity contribution in [3.05, 3.63) is 60.7 Å². The van der Waals surface area contributed by atoms with E-state index in [0.717, 1.165) is 13.1 Å². The fourth-order valence-corrected chi connectivity index (χ4v) is 4.40. The number of anilines is 3. The van der Waals surface area contributed by atoms with Crippen LogP contribution in [0.2, 0.25) is 0 Å². The Balaban J connectivity index is 0.000000559. The molecular weight excluding hydrogens is 572 g/mol. The quantitative estimate of drug-likeness (QED) is 0.220. The van der Waals surface area contributed by atoms with Gasteiger partial charge in [0.25, 0.3) is 0 Å². The summed E-state index contributed by atoms with van der Waals surface area (Å²) in [6.45, 7) is 7.56. The highest BCUT2D eigenvalue weighted by molar-refractivity contribution is 5.87. The Morgan fingerprint density at radius 3 is 2.67 bits per heavy atom. The van der Waals surface area contributed by atoms with E-state index in [1.807, 2.05) is 0 Å². The summed E-state index contributed by atoms with van der Waals surface area (Å²) in [4.78, 5) is 32.9. The summed E-state index contributed by atoms with van der Waals surface area (Å²) in [7, 11) is 0. The molecule has 0 amide bonds. The number of hydrogen-bond donors (Lipinski definition) is 2. The van der Waals surface area contributed by atoms with Gasteiger partial charge in [-0.15, -0.1) is 0 Å². The van der Waals surface area contributed by atoms with Gasteiger partial charge in [-0.2, -0.15) is 18.3 Å². The first-order chi connectivity index (χ1) is 20.5. The number of fused-ring (bicyclic) bond motifs is 2. The maximum absolute atomic E-state index is 15.5. The number of hydrogen-bond acceptors (Lipinski definition) is 11. The molecule has 0 aliphatic carbocycles. The standard InChI is InChI=1S/C25H25FN10O.C2HF3O/c1-14-20(37-17-6-8-36-21(10-17)30-13-32-36)5-4-18(22(14)26)33-24-23-19(29-12-31-24)11-28-25(34-23)35-9-7-27-15(2)16(35)3;3-2(4,5)1-6/h4-6,8,10-13,15-16,27H,7,9H2,1-3H3,(H,29,31,33);1H. The topological polar surface area (TPSA) is 135 Å². The zero-order chi connectivity index (χ0) is 30.7. The van der Waals surface area contributed by atoms with Crippen molar-refractivity contribution >= 4 is 40.4 Å². The molecule has 1 aromatic carbocycles. The molecule has 0 saturated carbocycles. The van der Waals surface area contributed by atoms with Gasteiger partial charge in [0.15, 0.2) is 17.3 Å². The molecular formula is C27H26F4N10O2. The molecule has 12 nitrogen and oxygen atoms in total. The molecule has 43 heavy (non-hydrogen) atoms. The van der Waals surface area contributed by atoms with Gasteiger partial charge in [0, 0.05) is 43.0 Å². The van der Waals surface area contributed by atoms with Crippen LogP contribution < -0.4 is 20.3 Å². The minimum Gasteiger partial charge on any atom is -0.457 e. The van der Waals surface area contributed by atoms with Crippen LogP contribution in [0.4, 0.5) is 35.0 Å². The van der Waals surface area contributed by atoms with Crippen LogP contribution in [-0.2, 0) is 4.79 Å². The number of nitrogens with zero attached hydrogens (tertiary/aromatic N) is 8. The predicted octanol–water partition coefficient (Wildman–Crippen LogP) is 4.38. The lowest BCUT2D eigenvalue weighted by Gasteiger charge is -2.38. The molecule has 0 radical (unpaired) electrons. The average Bonchev–Trinajstić information content (AvgIpc) is 3.46. The summed E-state index contributed by atoms with van der Waals surface area (Å²) in [6.07, 6.45) is 0.575. The summed E-state index contributed by atoms with van der Waals surface area (Å²) < 4.78 is 54.3. The fourth-order valence-electron chi connectivity index (χ4n) is 4.40. The van der Waals surface area contributed by atoms with Gasteiger partial charge in [0.2, 0.25) is 12.2 Å². The smallest absolute Gasteiger partial charge is 0.446 e. The van der Waals surface area contributed by atoms with Crippen LogP contribution in [0, 0.1) is 12.7 Å². The van der Waals surface area contributed by atoms with E-state index >= 15 is 4.39 Å².